The largest absolute Gasteiger partial charge is 0.495 e. The number of hydrogen-bond donors (Lipinski definition) is 4. The Hall–Kier alpha value is -7.78. The summed E-state index contributed by atoms with van der Waals surface area (Å²) in [5, 5.41) is 11.7. The van der Waals surface area contributed by atoms with Gasteiger partial charge < -0.3 is 59.2 Å². The summed E-state index contributed by atoms with van der Waals surface area (Å²) >= 11 is 12.6. The molecule has 0 bridgehead atoms. The van der Waals surface area contributed by atoms with E-state index >= 15 is 0 Å². The standard InChI is InChI=1S/C35H43ClN2O8.C34H41ClN2O8/c1-20(2)16-29-35(42)44-27(22(4)31-32(46-31)24-10-7-6-8-11-24)12-9-13-30(39)38-26(33(40)37-19-21(3)34(41)45-29)18-23-14-15-28(43-5)25(36)17-23;1-20(2)17-28-34(41)44-26(21(3)31-32(45-31)23-9-6-5-7-10-23)11-8-12-29(38)37-25(33(40)36-16-15-30(39)43-28)19-22-13-14-27(42-4)24(35)18-22/h6-11,13-15,17,20-22,26-27,29,31-32H,12,16,18-19H2,1-5H3,(H,37,40)(H,38,39);5-10,12-14,18,20-21,25-26,28,31-32H,11,15-17,19H2,1-4H3,(H,36,40)(H,37,38)/b13-9+;12-8+/t21-,22+,26-,27+,29+,31-,32-;21-,25+,26-,28-,31+,32+/m10/s1. The molecule has 13 atom stereocenters. The van der Waals surface area contributed by atoms with Crippen LogP contribution < -0.4 is 30.7 Å². The van der Waals surface area contributed by atoms with Crippen molar-refractivity contribution < 1.29 is 76.3 Å². The Morgan fingerprint density at radius 3 is 1.38 bits per heavy atom. The minimum Gasteiger partial charge on any atom is -0.495 e. The van der Waals surface area contributed by atoms with Gasteiger partial charge in [-0.25, -0.2) is 9.59 Å². The third-order valence-corrected chi connectivity index (χ3v) is 16.5. The SMILES string of the molecule is COc1ccc(C[C@H]2NC(=O)/C=C/C[C@@H]([C@H](C)[C@H]3O[C@@H]3c3ccccc3)OC(=O)[C@H](CC(C)C)OC(=O)CCNC2=O)cc1Cl.COc1ccc(C[C@H]2NC(=O)/C=C/C[C@@H]([C@H](C)[C@H]3O[C@@H]3c3ccccc3)OC(=O)[C@H](CC(C)C)OC(=O)[C@H](C)CNC2=O)cc1Cl. The third-order valence-electron chi connectivity index (χ3n) is 15.9. The van der Waals surface area contributed by atoms with E-state index in [0.717, 1.165) is 11.1 Å². The smallest absolute Gasteiger partial charge is 0.347 e. The lowest BCUT2D eigenvalue weighted by molar-refractivity contribution is -0.176. The number of hydrogen-bond acceptors (Lipinski definition) is 16. The summed E-state index contributed by atoms with van der Waals surface area (Å²) in [5.74, 6) is -4.76. The summed E-state index contributed by atoms with van der Waals surface area (Å²) in [6, 6.07) is 27.9. The Bertz CT molecular complexity index is 3220. The first kappa shape index (κ1) is 70.7. The number of epoxide rings is 2. The quantitative estimate of drug-likeness (QED) is 0.0462. The topological polar surface area (TPSA) is 265 Å². The first-order valence-corrected chi connectivity index (χ1v) is 31.6. The van der Waals surface area contributed by atoms with Crippen LogP contribution in [0.25, 0.3) is 0 Å². The fourth-order valence-electron chi connectivity index (χ4n) is 10.7. The second kappa shape index (κ2) is 34.0. The lowest BCUT2D eigenvalue weighted by Gasteiger charge is -2.27. The zero-order chi connectivity index (χ0) is 65.9. The Labute approximate surface area is 542 Å². The second-order valence-electron chi connectivity index (χ2n) is 24.1. The van der Waals surface area contributed by atoms with Crippen molar-refractivity contribution in [2.45, 2.75) is 154 Å². The summed E-state index contributed by atoms with van der Waals surface area (Å²) in [6.45, 7) is 13.0. The van der Waals surface area contributed by atoms with E-state index < -0.39 is 89.9 Å². The lowest BCUT2D eigenvalue weighted by atomic mass is 9.93. The van der Waals surface area contributed by atoms with Crippen molar-refractivity contribution in [1.82, 2.24) is 21.3 Å². The van der Waals surface area contributed by atoms with Gasteiger partial charge >= 0.3 is 23.9 Å². The fraction of sp³-hybridized carbons (Fsp3) is 0.478. The number of rotatable bonds is 16. The number of benzene rings is 4. The zero-order valence-electron chi connectivity index (χ0n) is 52.9. The van der Waals surface area contributed by atoms with Crippen molar-refractivity contribution in [1.29, 1.82) is 0 Å². The summed E-state index contributed by atoms with van der Waals surface area (Å²) in [5.41, 5.74) is 3.45. The van der Waals surface area contributed by atoms with Crippen LogP contribution in [0, 0.1) is 29.6 Å². The van der Waals surface area contributed by atoms with Crippen LogP contribution in [-0.2, 0) is 79.6 Å². The van der Waals surface area contributed by atoms with Crippen molar-refractivity contribution >= 4 is 70.7 Å². The molecule has 0 spiro atoms. The Morgan fingerprint density at radius 2 is 0.967 bits per heavy atom. The molecule has 0 aliphatic carbocycles. The van der Waals surface area contributed by atoms with E-state index in [1.165, 1.54) is 26.4 Å². The molecule has 20 nitrogen and oxygen atoms in total. The van der Waals surface area contributed by atoms with Gasteiger partial charge in [0.05, 0.1) is 48.8 Å². The molecule has 22 heteroatoms. The normalized spacial score (nSPS) is 26.9. The molecule has 0 saturated carbocycles. The van der Waals surface area contributed by atoms with Gasteiger partial charge in [-0.15, -0.1) is 0 Å². The van der Waals surface area contributed by atoms with Crippen LogP contribution in [0.15, 0.2) is 121 Å². The Morgan fingerprint density at radius 1 is 0.538 bits per heavy atom. The number of carbonyl (C=O) groups excluding carboxylic acids is 8. The number of carbonyl (C=O) groups is 8. The molecule has 4 amide bonds. The molecule has 490 valence electrons. The first-order valence-electron chi connectivity index (χ1n) is 30.9. The van der Waals surface area contributed by atoms with E-state index in [9.17, 15) is 38.4 Å². The van der Waals surface area contributed by atoms with Crippen LogP contribution in [0.5, 0.6) is 11.5 Å². The molecule has 4 aliphatic rings. The average molecular weight is 1300 g/mol. The molecule has 4 aliphatic heterocycles. The highest BCUT2D eigenvalue weighted by Crippen LogP contribution is 2.46. The first-order chi connectivity index (χ1) is 43.5. The van der Waals surface area contributed by atoms with Gasteiger partial charge in [0.1, 0.15) is 48.0 Å². The molecule has 8 rings (SSSR count). The summed E-state index contributed by atoms with van der Waals surface area (Å²) in [7, 11) is 3.01. The maximum Gasteiger partial charge on any atom is 0.347 e. The van der Waals surface area contributed by atoms with Crippen molar-refractivity contribution in [3.05, 3.63) is 154 Å². The molecule has 4 aromatic rings. The van der Waals surface area contributed by atoms with E-state index in [-0.39, 0.29) is 106 Å². The molecule has 2 saturated heterocycles. The van der Waals surface area contributed by atoms with E-state index in [1.807, 2.05) is 102 Å². The monoisotopic (exact) mass is 1290 g/mol. The minimum absolute atomic E-state index is 0.0341. The van der Waals surface area contributed by atoms with E-state index in [0.29, 0.717) is 32.7 Å². The Balaban J connectivity index is 0.000000259. The van der Waals surface area contributed by atoms with Crippen molar-refractivity contribution in [2.24, 2.45) is 29.6 Å². The molecule has 0 radical (unpaired) electrons. The lowest BCUT2D eigenvalue weighted by Crippen LogP contribution is -2.49. The van der Waals surface area contributed by atoms with Gasteiger partial charge in [0.2, 0.25) is 23.6 Å². The molecule has 2 fully saturated rings. The Kier molecular flexibility index (Phi) is 26.4. The number of amides is 4. The van der Waals surface area contributed by atoms with Crippen LogP contribution in [0.4, 0.5) is 0 Å². The molecule has 4 N–H and O–H groups in total. The molecule has 0 aromatic heterocycles. The van der Waals surface area contributed by atoms with Gasteiger partial charge in [-0.2, -0.15) is 0 Å². The summed E-state index contributed by atoms with van der Waals surface area (Å²) in [6.07, 6.45) is 2.68. The molecular weight excluding hydrogens is 1210 g/mol. The van der Waals surface area contributed by atoms with Crippen molar-refractivity contribution in [3.63, 3.8) is 0 Å². The van der Waals surface area contributed by atoms with Crippen LogP contribution in [0.1, 0.15) is 115 Å². The fourth-order valence-corrected chi connectivity index (χ4v) is 11.3. The van der Waals surface area contributed by atoms with Crippen molar-refractivity contribution in [2.75, 3.05) is 27.3 Å². The maximum absolute atomic E-state index is 13.5. The third kappa shape index (κ3) is 21.4. The molecule has 91 heavy (non-hydrogen) atoms. The highest BCUT2D eigenvalue weighted by Gasteiger charge is 2.49. The van der Waals surface area contributed by atoms with Gasteiger partial charge in [-0.3, -0.25) is 28.8 Å². The minimum atomic E-state index is -1.13. The van der Waals surface area contributed by atoms with Crippen molar-refractivity contribution in [3.8, 4) is 11.5 Å². The summed E-state index contributed by atoms with van der Waals surface area (Å²) in [4.78, 5) is 105. The van der Waals surface area contributed by atoms with Crippen LogP contribution in [0.3, 0.4) is 0 Å². The van der Waals surface area contributed by atoms with Crippen LogP contribution in [-0.4, -0.2) is 124 Å². The van der Waals surface area contributed by atoms with E-state index in [4.69, 9.17) is 61.1 Å². The molecular formula is C69H84Cl2N4O16. The number of nitrogens with one attached hydrogen (secondary N) is 4. The zero-order valence-corrected chi connectivity index (χ0v) is 54.4. The number of cyclic esters (lactones) is 4. The summed E-state index contributed by atoms with van der Waals surface area (Å²) < 4.78 is 45.6. The van der Waals surface area contributed by atoms with E-state index in [2.05, 4.69) is 21.3 Å². The van der Waals surface area contributed by atoms with Gasteiger partial charge in [0.15, 0.2) is 12.2 Å². The highest BCUT2D eigenvalue weighted by atomic mass is 35.5. The predicted molar refractivity (Wildman–Crippen MR) is 339 cm³/mol. The number of halogens is 2. The number of esters is 4. The molecule has 0 unspecified atom stereocenters. The van der Waals surface area contributed by atoms with E-state index in [1.54, 1.807) is 55.5 Å². The van der Waals surface area contributed by atoms with Gasteiger partial charge in [0, 0.05) is 50.6 Å². The van der Waals surface area contributed by atoms with Gasteiger partial charge in [0.25, 0.3) is 0 Å². The average Bonchev–Trinajstić information content (AvgIpc) is 3.20. The second-order valence-corrected chi connectivity index (χ2v) is 24.9. The molecule has 4 aromatic carbocycles. The maximum atomic E-state index is 13.5. The molecule has 4 heterocycles. The number of methoxy groups -OCH3 is 2. The van der Waals surface area contributed by atoms with Gasteiger partial charge in [-0.1, -0.05) is 157 Å². The highest BCUT2D eigenvalue weighted by molar-refractivity contribution is 6.32. The number of ether oxygens (including phenoxy) is 8. The predicted octanol–water partition coefficient (Wildman–Crippen LogP) is 9.22. The van der Waals surface area contributed by atoms with Crippen LogP contribution in [0.2, 0.25) is 10.0 Å². The van der Waals surface area contributed by atoms with Gasteiger partial charge in [-0.05, 0) is 83.3 Å². The van der Waals surface area contributed by atoms with Crippen LogP contribution >= 0.6 is 23.2 Å².